The van der Waals surface area contributed by atoms with Crippen molar-refractivity contribution in [3.63, 3.8) is 0 Å². The Morgan fingerprint density at radius 3 is 1.32 bits per heavy atom. The third-order valence-corrected chi connectivity index (χ3v) is 11.9. The number of carbonyl (C=O) groups is 2. The summed E-state index contributed by atoms with van der Waals surface area (Å²) >= 11 is 0. The SMILES string of the molecule is C.CCCC(N)C(O)C(=O)NCC(O)NC(C)c1ccccc1.CCCC(NC(O)C(CS(C)(=O)=O)NCC)C(O)C(=O)NCC(O)NC(C)c1ccccc1.CCNC(CS(C)(=O)=O)C(O)O.Cl. The topological polar surface area (TPSA) is 354 Å². The maximum atomic E-state index is 12.5. The van der Waals surface area contributed by atoms with Crippen LogP contribution in [0.1, 0.15) is 97.9 Å². The lowest BCUT2D eigenvalue weighted by molar-refractivity contribution is -0.132. The Morgan fingerprint density at radius 1 is 0.580 bits per heavy atom. The fourth-order valence-corrected chi connectivity index (χ4v) is 8.41. The molecule has 0 heterocycles. The molecule has 69 heavy (non-hydrogen) atoms. The molecule has 0 radical (unpaired) electrons. The summed E-state index contributed by atoms with van der Waals surface area (Å²) in [6.07, 6.45) is -3.14. The molecule has 0 aliphatic rings. The number of hydrogen-bond acceptors (Lipinski definition) is 19. The van der Waals surface area contributed by atoms with Crippen molar-refractivity contribution in [1.82, 2.24) is 37.2 Å². The van der Waals surface area contributed by atoms with E-state index in [2.05, 4.69) is 37.2 Å². The Balaban J connectivity index is -0.00000104. The molecule has 0 aromatic heterocycles. The first kappa shape index (κ1) is 70.3. The van der Waals surface area contributed by atoms with E-state index in [0.717, 1.165) is 30.1 Å². The lowest BCUT2D eigenvalue weighted by atomic mass is 10.0. The molecule has 0 saturated carbocycles. The van der Waals surface area contributed by atoms with E-state index in [1.54, 1.807) is 13.8 Å². The summed E-state index contributed by atoms with van der Waals surface area (Å²) in [5.41, 5.74) is 7.72. The smallest absolute Gasteiger partial charge is 0.250 e. The molecule has 11 atom stereocenters. The molecular formula is C45H87ClN8O13S2. The highest BCUT2D eigenvalue weighted by Crippen LogP contribution is 2.13. The maximum Gasteiger partial charge on any atom is 0.250 e. The lowest BCUT2D eigenvalue weighted by Gasteiger charge is -2.30. The minimum atomic E-state index is -3.36. The van der Waals surface area contributed by atoms with E-state index in [-0.39, 0.29) is 56.5 Å². The minimum Gasteiger partial charge on any atom is -0.382 e. The van der Waals surface area contributed by atoms with Gasteiger partial charge in [-0.3, -0.25) is 25.5 Å². The van der Waals surface area contributed by atoms with Crippen molar-refractivity contribution in [2.45, 2.75) is 148 Å². The molecule has 0 fully saturated rings. The van der Waals surface area contributed by atoms with Crippen molar-refractivity contribution in [3.8, 4) is 0 Å². The zero-order valence-electron chi connectivity index (χ0n) is 40.7. The highest BCUT2D eigenvalue weighted by atomic mass is 35.5. The third kappa shape index (κ3) is 32.6. The number of aliphatic hydroxyl groups is 7. The van der Waals surface area contributed by atoms with Crippen LogP contribution in [0.25, 0.3) is 0 Å². The van der Waals surface area contributed by atoms with Gasteiger partial charge in [0, 0.05) is 36.7 Å². The van der Waals surface area contributed by atoms with Gasteiger partial charge in [-0.1, -0.05) is 109 Å². The summed E-state index contributed by atoms with van der Waals surface area (Å²) in [6.45, 7) is 12.0. The number of amides is 2. The zero-order chi connectivity index (χ0) is 51.3. The van der Waals surface area contributed by atoms with Gasteiger partial charge in [0.15, 0.2) is 6.29 Å². The largest absolute Gasteiger partial charge is 0.382 e. The van der Waals surface area contributed by atoms with Crippen molar-refractivity contribution in [1.29, 1.82) is 0 Å². The number of hydrogen-bond donors (Lipinski definition) is 15. The molecule has 24 heteroatoms. The molecule has 0 spiro atoms. The van der Waals surface area contributed by atoms with Crippen molar-refractivity contribution < 1.29 is 62.2 Å². The van der Waals surface area contributed by atoms with Gasteiger partial charge in [-0.25, -0.2) is 16.8 Å². The van der Waals surface area contributed by atoms with Crippen LogP contribution in [-0.4, -0.2) is 176 Å². The summed E-state index contributed by atoms with van der Waals surface area (Å²) in [5.74, 6) is -1.83. The number of likely N-dealkylation sites (N-methyl/N-ethyl adjacent to an activating group) is 2. The van der Waals surface area contributed by atoms with Gasteiger partial charge in [-0.05, 0) is 50.9 Å². The molecule has 404 valence electrons. The summed E-state index contributed by atoms with van der Waals surface area (Å²) in [4.78, 5) is 24.2. The summed E-state index contributed by atoms with van der Waals surface area (Å²) < 4.78 is 44.9. The summed E-state index contributed by atoms with van der Waals surface area (Å²) in [6, 6.07) is 16.0. The molecule has 0 saturated heterocycles. The monoisotopic (exact) mass is 1050 g/mol. The third-order valence-electron chi connectivity index (χ3n) is 9.99. The van der Waals surface area contributed by atoms with E-state index >= 15 is 0 Å². The predicted molar refractivity (Wildman–Crippen MR) is 273 cm³/mol. The number of aliphatic hydroxyl groups excluding tert-OH is 6. The van der Waals surface area contributed by atoms with Crippen molar-refractivity contribution in [2.75, 3.05) is 50.2 Å². The van der Waals surface area contributed by atoms with Gasteiger partial charge in [0.2, 0.25) is 0 Å². The quantitative estimate of drug-likeness (QED) is 0.0412. The van der Waals surface area contributed by atoms with Crippen LogP contribution >= 0.6 is 12.4 Å². The van der Waals surface area contributed by atoms with Crippen LogP contribution in [0.4, 0.5) is 0 Å². The number of benzene rings is 2. The molecule has 2 amide bonds. The molecule has 0 aliphatic heterocycles. The van der Waals surface area contributed by atoms with E-state index in [9.17, 15) is 52.0 Å². The molecular weight excluding hydrogens is 960 g/mol. The van der Waals surface area contributed by atoms with Gasteiger partial charge in [0.05, 0.1) is 36.7 Å². The number of nitrogens with one attached hydrogen (secondary N) is 7. The van der Waals surface area contributed by atoms with Crippen LogP contribution in [0.5, 0.6) is 0 Å². The minimum absolute atomic E-state index is 0. The fraction of sp³-hybridized carbons (Fsp3) is 0.689. The van der Waals surface area contributed by atoms with Crippen LogP contribution in [0.15, 0.2) is 60.7 Å². The number of carbonyl (C=O) groups excluding carboxylic acids is 2. The average molecular weight is 1050 g/mol. The van der Waals surface area contributed by atoms with E-state index < -0.39 is 92.8 Å². The van der Waals surface area contributed by atoms with Crippen LogP contribution < -0.4 is 43.0 Å². The average Bonchev–Trinajstić information content (AvgIpc) is 3.26. The van der Waals surface area contributed by atoms with E-state index in [1.807, 2.05) is 88.4 Å². The molecule has 0 aliphatic carbocycles. The molecule has 2 aromatic rings. The Morgan fingerprint density at radius 2 is 0.957 bits per heavy atom. The van der Waals surface area contributed by atoms with Crippen molar-refractivity contribution >= 4 is 43.9 Å². The van der Waals surface area contributed by atoms with Gasteiger partial charge >= 0.3 is 0 Å². The number of sulfone groups is 2. The molecule has 0 bridgehead atoms. The molecule has 16 N–H and O–H groups in total. The predicted octanol–water partition coefficient (Wildman–Crippen LogP) is -1.13. The fourth-order valence-electron chi connectivity index (χ4n) is 6.51. The van der Waals surface area contributed by atoms with Crippen LogP contribution in [0.2, 0.25) is 0 Å². The number of halogens is 1. The Kier molecular flexibility index (Phi) is 38.5. The Labute approximate surface area is 417 Å². The first-order valence-electron chi connectivity index (χ1n) is 22.6. The zero-order valence-corrected chi connectivity index (χ0v) is 43.1. The molecule has 11 unspecified atom stereocenters. The van der Waals surface area contributed by atoms with Gasteiger partial charge in [0.25, 0.3) is 11.8 Å². The van der Waals surface area contributed by atoms with Crippen LogP contribution in [0, 0.1) is 0 Å². The normalized spacial score (nSPS) is 16.3. The van der Waals surface area contributed by atoms with Crippen molar-refractivity contribution in [3.05, 3.63) is 71.8 Å². The maximum absolute atomic E-state index is 12.5. The standard InChI is InChI=1S/C22H40N4O6S.C16H27N3O3.C6H15NO4S.CH4.ClH/c1-5-10-17(26-21(29)18(23-6-2)14-33(4,31)32)20(28)22(30)24-13-19(27)25-15(3)16-11-8-7-9-12-16;1-3-7-13(17)15(21)16(22)18-10-14(20)19-11(2)12-8-5-4-6-9-12;1-3-7-5(6(8)9)4-12(2,10)11;;/h7-9,11-12,15,17-21,23,25-29H,5-6,10,13-14H2,1-4H3,(H,24,30);4-6,8-9,11,13-15,19-21H,3,7,10,17H2,1-2H3,(H,18,22);5-9H,3-4H2,1-2H3;1H4;1H. The number of rotatable bonds is 30. The second-order valence-electron chi connectivity index (χ2n) is 16.4. The first-order valence-corrected chi connectivity index (χ1v) is 26.7. The highest BCUT2D eigenvalue weighted by Gasteiger charge is 2.31. The summed E-state index contributed by atoms with van der Waals surface area (Å²) in [7, 11) is -6.54. The van der Waals surface area contributed by atoms with Crippen molar-refractivity contribution in [2.24, 2.45) is 5.73 Å². The first-order chi connectivity index (χ1) is 31.3. The molecule has 2 rings (SSSR count). The van der Waals surface area contributed by atoms with Gasteiger partial charge in [-0.2, -0.15) is 0 Å². The van der Waals surface area contributed by atoms with Gasteiger partial charge in [-0.15, -0.1) is 12.4 Å². The van der Waals surface area contributed by atoms with E-state index in [0.29, 0.717) is 32.4 Å². The summed E-state index contributed by atoms with van der Waals surface area (Å²) in [5, 5.41) is 87.7. The van der Waals surface area contributed by atoms with E-state index in [4.69, 9.17) is 15.9 Å². The number of nitrogens with two attached hydrogens (primary N) is 1. The second kappa shape index (κ2) is 37.8. The van der Waals surface area contributed by atoms with Gasteiger partial charge in [0.1, 0.15) is 50.6 Å². The Hall–Kier alpha value is -2.95. The molecule has 2 aromatic carbocycles. The van der Waals surface area contributed by atoms with Crippen LogP contribution in [0.3, 0.4) is 0 Å². The van der Waals surface area contributed by atoms with E-state index in [1.165, 1.54) is 0 Å². The van der Waals surface area contributed by atoms with Gasteiger partial charge < -0.3 is 62.7 Å². The lowest BCUT2D eigenvalue weighted by Crippen LogP contribution is -2.59. The van der Waals surface area contributed by atoms with Crippen LogP contribution in [-0.2, 0) is 29.3 Å². The second-order valence-corrected chi connectivity index (χ2v) is 20.8. The Bertz CT molecular complexity index is 1850. The highest BCUT2D eigenvalue weighted by molar-refractivity contribution is 7.90. The molecule has 21 nitrogen and oxygen atoms in total.